The number of aromatic nitrogens is 1. The normalized spacial score (nSPS) is 19.1. The molecule has 2 rings (SSSR count). The Bertz CT molecular complexity index is 493. The third kappa shape index (κ3) is 3.12. The van der Waals surface area contributed by atoms with Crippen LogP contribution in [0.2, 0.25) is 0 Å². The van der Waals surface area contributed by atoms with Crippen LogP contribution in [-0.2, 0) is 9.53 Å². The first-order valence-electron chi connectivity index (χ1n) is 6.11. The summed E-state index contributed by atoms with van der Waals surface area (Å²) in [5.41, 5.74) is 0.521. The zero-order valence-electron chi connectivity index (χ0n) is 10.6. The summed E-state index contributed by atoms with van der Waals surface area (Å²) in [5.74, 6) is -0.575. The van der Waals surface area contributed by atoms with Crippen LogP contribution in [0.5, 0.6) is 0 Å². The van der Waals surface area contributed by atoms with Crippen molar-refractivity contribution in [3.8, 4) is 0 Å². The molecular formula is C13H15BrN2O3. The summed E-state index contributed by atoms with van der Waals surface area (Å²) >= 11 is 3.27. The van der Waals surface area contributed by atoms with Crippen LogP contribution >= 0.6 is 15.9 Å². The minimum Gasteiger partial charge on any atom is -0.469 e. The first-order chi connectivity index (χ1) is 9.13. The minimum atomic E-state index is -0.247. The van der Waals surface area contributed by atoms with Gasteiger partial charge in [0.1, 0.15) is 4.60 Å². The molecule has 1 aliphatic heterocycles. The van der Waals surface area contributed by atoms with Crippen LogP contribution in [0.1, 0.15) is 23.2 Å². The van der Waals surface area contributed by atoms with E-state index in [4.69, 9.17) is 4.74 Å². The Labute approximate surface area is 120 Å². The van der Waals surface area contributed by atoms with Crippen LogP contribution in [-0.4, -0.2) is 42.0 Å². The van der Waals surface area contributed by atoms with Crippen LogP contribution in [0.4, 0.5) is 0 Å². The molecule has 102 valence electrons. The highest BCUT2D eigenvalue weighted by Crippen LogP contribution is 2.22. The van der Waals surface area contributed by atoms with Gasteiger partial charge in [-0.05, 0) is 40.9 Å². The average molecular weight is 327 g/mol. The molecule has 0 saturated carbocycles. The number of likely N-dealkylation sites (tertiary alicyclic amines) is 1. The quantitative estimate of drug-likeness (QED) is 0.615. The number of hydrogen-bond acceptors (Lipinski definition) is 4. The van der Waals surface area contributed by atoms with Crippen molar-refractivity contribution in [2.45, 2.75) is 12.8 Å². The highest BCUT2D eigenvalue weighted by Gasteiger charge is 2.30. The first-order valence-corrected chi connectivity index (χ1v) is 6.90. The number of carbonyl (C=O) groups excluding carboxylic acids is 2. The lowest BCUT2D eigenvalue weighted by Gasteiger charge is -2.31. The summed E-state index contributed by atoms with van der Waals surface area (Å²) in [4.78, 5) is 29.7. The number of pyridine rings is 1. The van der Waals surface area contributed by atoms with Gasteiger partial charge in [0.2, 0.25) is 0 Å². The number of carbonyl (C=O) groups is 2. The number of halogens is 1. The van der Waals surface area contributed by atoms with E-state index in [0.717, 1.165) is 12.8 Å². The van der Waals surface area contributed by atoms with E-state index in [2.05, 4.69) is 20.9 Å². The maximum atomic E-state index is 12.4. The van der Waals surface area contributed by atoms with Crippen molar-refractivity contribution in [1.82, 2.24) is 9.88 Å². The Morgan fingerprint density at radius 2 is 2.32 bits per heavy atom. The van der Waals surface area contributed by atoms with Gasteiger partial charge in [-0.1, -0.05) is 0 Å². The van der Waals surface area contributed by atoms with Crippen LogP contribution in [0.25, 0.3) is 0 Å². The maximum Gasteiger partial charge on any atom is 0.310 e. The van der Waals surface area contributed by atoms with Crippen LogP contribution in [0.3, 0.4) is 0 Å². The number of rotatable bonds is 2. The summed E-state index contributed by atoms with van der Waals surface area (Å²) in [7, 11) is 1.38. The lowest BCUT2D eigenvalue weighted by atomic mass is 9.97. The number of esters is 1. The van der Waals surface area contributed by atoms with E-state index in [0.29, 0.717) is 23.3 Å². The van der Waals surface area contributed by atoms with Gasteiger partial charge in [-0.25, -0.2) is 4.98 Å². The number of amides is 1. The number of methoxy groups -OCH3 is 1. The fraction of sp³-hybridized carbons (Fsp3) is 0.462. The van der Waals surface area contributed by atoms with Gasteiger partial charge in [0, 0.05) is 19.3 Å². The van der Waals surface area contributed by atoms with Crippen molar-refractivity contribution >= 4 is 27.8 Å². The van der Waals surface area contributed by atoms with Gasteiger partial charge in [0.05, 0.1) is 18.6 Å². The van der Waals surface area contributed by atoms with Crippen molar-refractivity contribution in [3.63, 3.8) is 0 Å². The largest absolute Gasteiger partial charge is 0.469 e. The van der Waals surface area contributed by atoms with Gasteiger partial charge in [-0.2, -0.15) is 0 Å². The second-order valence-electron chi connectivity index (χ2n) is 4.46. The second kappa shape index (κ2) is 6.14. The molecule has 1 saturated heterocycles. The van der Waals surface area contributed by atoms with E-state index in [1.165, 1.54) is 7.11 Å². The molecule has 0 radical (unpaired) electrons. The molecule has 1 amide bonds. The zero-order valence-corrected chi connectivity index (χ0v) is 12.2. The third-order valence-electron chi connectivity index (χ3n) is 3.23. The van der Waals surface area contributed by atoms with E-state index in [-0.39, 0.29) is 17.8 Å². The Morgan fingerprint density at radius 1 is 1.53 bits per heavy atom. The summed E-state index contributed by atoms with van der Waals surface area (Å²) in [6.45, 7) is 1.07. The zero-order chi connectivity index (χ0) is 13.8. The van der Waals surface area contributed by atoms with E-state index in [1.807, 2.05) is 0 Å². The van der Waals surface area contributed by atoms with Crippen molar-refractivity contribution in [3.05, 3.63) is 28.5 Å². The van der Waals surface area contributed by atoms with Crippen LogP contribution in [0, 0.1) is 5.92 Å². The van der Waals surface area contributed by atoms with Gasteiger partial charge in [-0.15, -0.1) is 0 Å². The van der Waals surface area contributed by atoms with Gasteiger partial charge >= 0.3 is 5.97 Å². The highest BCUT2D eigenvalue weighted by molar-refractivity contribution is 9.10. The Morgan fingerprint density at radius 3 is 3.00 bits per heavy atom. The highest BCUT2D eigenvalue weighted by atomic mass is 79.9. The summed E-state index contributed by atoms with van der Waals surface area (Å²) in [6, 6.07) is 3.45. The van der Waals surface area contributed by atoms with Crippen molar-refractivity contribution in [1.29, 1.82) is 0 Å². The molecule has 5 nitrogen and oxygen atoms in total. The molecule has 0 N–H and O–H groups in total. The van der Waals surface area contributed by atoms with Gasteiger partial charge in [0.15, 0.2) is 0 Å². The molecule has 1 fully saturated rings. The van der Waals surface area contributed by atoms with Crippen molar-refractivity contribution in [2.75, 3.05) is 20.2 Å². The smallest absolute Gasteiger partial charge is 0.310 e. The number of piperidine rings is 1. The van der Waals surface area contributed by atoms with Crippen LogP contribution < -0.4 is 0 Å². The SMILES string of the molecule is COC(=O)C1CCCN(C(=O)c2cccnc2Br)C1. The lowest BCUT2D eigenvalue weighted by Crippen LogP contribution is -2.42. The van der Waals surface area contributed by atoms with E-state index >= 15 is 0 Å². The average Bonchev–Trinajstić information content (AvgIpc) is 2.46. The molecule has 1 unspecified atom stereocenters. The van der Waals surface area contributed by atoms with E-state index in [9.17, 15) is 9.59 Å². The monoisotopic (exact) mass is 326 g/mol. The molecule has 0 aliphatic carbocycles. The van der Waals surface area contributed by atoms with Gasteiger partial charge in [0.25, 0.3) is 5.91 Å². The van der Waals surface area contributed by atoms with Crippen molar-refractivity contribution < 1.29 is 14.3 Å². The molecular weight excluding hydrogens is 312 g/mol. The summed E-state index contributed by atoms with van der Waals surface area (Å²) in [5, 5.41) is 0. The first kappa shape index (κ1) is 14.0. The van der Waals surface area contributed by atoms with Gasteiger partial charge in [-0.3, -0.25) is 9.59 Å². The second-order valence-corrected chi connectivity index (χ2v) is 5.21. The van der Waals surface area contributed by atoms with Crippen molar-refractivity contribution in [2.24, 2.45) is 5.92 Å². The third-order valence-corrected chi connectivity index (χ3v) is 3.86. The number of hydrogen-bond donors (Lipinski definition) is 0. The fourth-order valence-corrected chi connectivity index (χ4v) is 2.66. The molecule has 0 spiro atoms. The molecule has 6 heteroatoms. The molecule has 1 aromatic rings. The molecule has 1 atom stereocenters. The van der Waals surface area contributed by atoms with E-state index in [1.54, 1.807) is 23.2 Å². The fourth-order valence-electron chi connectivity index (χ4n) is 2.24. The Kier molecular flexibility index (Phi) is 4.52. The molecule has 2 heterocycles. The molecule has 0 bridgehead atoms. The van der Waals surface area contributed by atoms with E-state index < -0.39 is 0 Å². The molecule has 1 aliphatic rings. The standard InChI is InChI=1S/C13H15BrN2O3/c1-19-13(18)9-4-3-7-16(8-9)12(17)10-5-2-6-15-11(10)14/h2,5-6,9H,3-4,7-8H2,1H3. The summed E-state index contributed by atoms with van der Waals surface area (Å²) < 4.78 is 5.28. The maximum absolute atomic E-state index is 12.4. The number of ether oxygens (including phenoxy) is 1. The Hall–Kier alpha value is -1.43. The van der Waals surface area contributed by atoms with Crippen LogP contribution in [0.15, 0.2) is 22.9 Å². The minimum absolute atomic E-state index is 0.103. The summed E-state index contributed by atoms with van der Waals surface area (Å²) in [6.07, 6.45) is 3.20. The molecule has 0 aromatic carbocycles. The topological polar surface area (TPSA) is 59.5 Å². The lowest BCUT2D eigenvalue weighted by molar-refractivity contribution is -0.146. The Balaban J connectivity index is 2.11. The predicted molar refractivity (Wildman–Crippen MR) is 72.6 cm³/mol. The molecule has 1 aromatic heterocycles. The number of nitrogens with zero attached hydrogens (tertiary/aromatic N) is 2. The van der Waals surface area contributed by atoms with Gasteiger partial charge < -0.3 is 9.64 Å². The predicted octanol–water partition coefficient (Wildman–Crippen LogP) is 1.87. The molecule has 19 heavy (non-hydrogen) atoms.